The first-order valence-electron chi connectivity index (χ1n) is 15.7. The van der Waals surface area contributed by atoms with Crippen molar-refractivity contribution in [3.63, 3.8) is 0 Å². The maximum Gasteiger partial charge on any atom is 0.419 e. The summed E-state index contributed by atoms with van der Waals surface area (Å²) < 4.78 is 67.1. The van der Waals surface area contributed by atoms with Crippen molar-refractivity contribution < 1.29 is 32.1 Å². The van der Waals surface area contributed by atoms with Crippen molar-refractivity contribution in [1.82, 2.24) is 4.98 Å². The fourth-order valence-corrected chi connectivity index (χ4v) is 6.10. The quantitative estimate of drug-likeness (QED) is 0.331. The number of fused-ring (bicyclic) bond motifs is 4. The molecule has 1 aliphatic carbocycles. The average Bonchev–Trinajstić information content (AvgIpc) is 3.21. The smallest absolute Gasteiger partial charge is 0.388 e. The highest BCUT2D eigenvalue weighted by molar-refractivity contribution is 7.99. The van der Waals surface area contributed by atoms with E-state index in [9.17, 15) is 22.7 Å². The predicted octanol–water partition coefficient (Wildman–Crippen LogP) is 10.1. The second-order valence-electron chi connectivity index (χ2n) is 14.2. The number of aliphatic hydroxyl groups excluding tert-OH is 1. The van der Waals surface area contributed by atoms with Gasteiger partial charge in [-0.25, -0.2) is 4.39 Å². The van der Waals surface area contributed by atoms with E-state index in [1.54, 1.807) is 0 Å². The van der Waals surface area contributed by atoms with Gasteiger partial charge in [0, 0.05) is 53.3 Å². The molecule has 248 valence electrons. The number of aromatic nitrogens is 1. The van der Waals surface area contributed by atoms with Crippen LogP contribution < -0.4 is 0 Å². The zero-order chi connectivity index (χ0) is 33.3. The number of hydrogen-bond donors (Lipinski definition) is 1. The normalized spacial score (nSPS) is 22.0. The van der Waals surface area contributed by atoms with Gasteiger partial charge in [-0.1, -0.05) is 74.8 Å². The van der Waals surface area contributed by atoms with Crippen LogP contribution in [0.25, 0.3) is 0 Å². The maximum atomic E-state index is 14.6. The summed E-state index contributed by atoms with van der Waals surface area (Å²) in [5, 5.41) is 11.3. The number of ether oxygens (including phenoxy) is 2. The number of halogens is 4. The van der Waals surface area contributed by atoms with Crippen LogP contribution >= 0.6 is 11.8 Å². The Labute approximate surface area is 265 Å². The summed E-state index contributed by atoms with van der Waals surface area (Å²) in [6, 6.07) is 3.00. The van der Waals surface area contributed by atoms with Gasteiger partial charge in [-0.05, 0) is 53.7 Å². The lowest BCUT2D eigenvalue weighted by Gasteiger charge is -2.40. The number of benzene rings is 1. The van der Waals surface area contributed by atoms with Gasteiger partial charge >= 0.3 is 6.18 Å². The third-order valence-electron chi connectivity index (χ3n) is 8.23. The summed E-state index contributed by atoms with van der Waals surface area (Å²) in [6.45, 7) is 20.0. The Balaban J connectivity index is 0.000000519. The Morgan fingerprint density at radius 1 is 1.07 bits per heavy atom. The third-order valence-corrected chi connectivity index (χ3v) is 9.45. The van der Waals surface area contributed by atoms with E-state index in [0.717, 1.165) is 40.2 Å². The molecule has 0 saturated carbocycles. The molecular formula is C35H51F4NO3S. The minimum atomic E-state index is -4.78. The van der Waals surface area contributed by atoms with E-state index in [1.807, 2.05) is 25.6 Å². The summed E-state index contributed by atoms with van der Waals surface area (Å²) in [6.07, 6.45) is -0.549. The number of alkyl halides is 3. The molecule has 0 bridgehead atoms. The van der Waals surface area contributed by atoms with Crippen LogP contribution in [0, 0.1) is 11.2 Å². The van der Waals surface area contributed by atoms with Crippen molar-refractivity contribution in [3.05, 3.63) is 63.2 Å². The highest BCUT2D eigenvalue weighted by Crippen LogP contribution is 2.57. The molecule has 4 nitrogen and oxygen atoms in total. The topological polar surface area (TPSA) is 51.6 Å². The molecule has 2 aromatic rings. The average molecular weight is 642 g/mol. The van der Waals surface area contributed by atoms with Crippen LogP contribution in [0.15, 0.2) is 18.2 Å². The predicted molar refractivity (Wildman–Crippen MR) is 171 cm³/mol. The fourth-order valence-electron chi connectivity index (χ4n) is 6.10. The molecular weight excluding hydrogens is 590 g/mol. The van der Waals surface area contributed by atoms with E-state index in [2.05, 4.69) is 54.7 Å². The molecule has 0 amide bonds. The molecule has 9 heteroatoms. The van der Waals surface area contributed by atoms with Gasteiger partial charge in [-0.3, -0.25) is 4.98 Å². The van der Waals surface area contributed by atoms with Gasteiger partial charge < -0.3 is 14.6 Å². The Morgan fingerprint density at radius 3 is 2.11 bits per heavy atom. The molecule has 0 unspecified atom stereocenters. The van der Waals surface area contributed by atoms with Gasteiger partial charge in [0.25, 0.3) is 0 Å². The SMILES string of the molecule is CC(C)c1nc2c(c3c1[C@H](c1ccc(C(F)(F)F)c(F)c1)OC31CCOCC1)[C@@H](O)CC(C)(C)C2.CCC.CSC(C)(C)C. The maximum absolute atomic E-state index is 14.6. The summed E-state index contributed by atoms with van der Waals surface area (Å²) in [5.74, 6) is -1.33. The van der Waals surface area contributed by atoms with Gasteiger partial charge in [0.1, 0.15) is 11.9 Å². The largest absolute Gasteiger partial charge is 0.419 e. The van der Waals surface area contributed by atoms with Crippen molar-refractivity contribution in [3.8, 4) is 0 Å². The minimum Gasteiger partial charge on any atom is -0.388 e. The molecule has 1 N–H and O–H groups in total. The lowest BCUT2D eigenvalue weighted by molar-refractivity contribution is -0.140. The van der Waals surface area contributed by atoms with Crippen molar-refractivity contribution in [1.29, 1.82) is 0 Å². The molecule has 1 aromatic carbocycles. The Morgan fingerprint density at radius 2 is 1.64 bits per heavy atom. The second kappa shape index (κ2) is 14.0. The molecule has 1 fully saturated rings. The van der Waals surface area contributed by atoms with E-state index in [4.69, 9.17) is 14.5 Å². The zero-order valence-corrected chi connectivity index (χ0v) is 28.9. The van der Waals surface area contributed by atoms with Crippen LogP contribution in [0.4, 0.5) is 17.6 Å². The molecule has 1 aromatic heterocycles. The number of pyridine rings is 1. The molecule has 1 saturated heterocycles. The summed E-state index contributed by atoms with van der Waals surface area (Å²) >= 11 is 1.88. The first-order valence-corrected chi connectivity index (χ1v) is 17.0. The van der Waals surface area contributed by atoms with Crippen molar-refractivity contribution in [2.75, 3.05) is 19.5 Å². The van der Waals surface area contributed by atoms with Gasteiger partial charge in [-0.15, -0.1) is 0 Å². The van der Waals surface area contributed by atoms with E-state index in [1.165, 1.54) is 12.5 Å². The van der Waals surface area contributed by atoms with Gasteiger partial charge in [0.05, 0.1) is 17.3 Å². The molecule has 2 atom stereocenters. The lowest BCUT2D eigenvalue weighted by Crippen LogP contribution is -2.37. The summed E-state index contributed by atoms with van der Waals surface area (Å²) in [7, 11) is 0. The number of thioether (sulfide) groups is 1. The first kappa shape index (κ1) is 36.8. The van der Waals surface area contributed by atoms with Gasteiger partial charge in [0.15, 0.2) is 0 Å². The summed E-state index contributed by atoms with van der Waals surface area (Å²) in [5.41, 5.74) is 2.19. The van der Waals surface area contributed by atoms with Gasteiger partial charge in [0.2, 0.25) is 0 Å². The monoisotopic (exact) mass is 641 g/mol. The highest BCUT2D eigenvalue weighted by atomic mass is 32.2. The number of hydrogen-bond acceptors (Lipinski definition) is 5. The second-order valence-corrected chi connectivity index (χ2v) is 15.9. The molecule has 5 rings (SSSR count). The van der Waals surface area contributed by atoms with Crippen molar-refractivity contribution in [2.45, 2.75) is 129 Å². The molecule has 1 spiro atoms. The van der Waals surface area contributed by atoms with Crippen molar-refractivity contribution in [2.24, 2.45) is 5.41 Å². The van der Waals surface area contributed by atoms with Crippen LogP contribution in [-0.2, 0) is 27.7 Å². The highest BCUT2D eigenvalue weighted by Gasteiger charge is 2.52. The Hall–Kier alpha value is -1.68. The fraction of sp³-hybridized carbons (Fsp3) is 0.686. The number of aliphatic hydroxyl groups is 1. The number of rotatable bonds is 2. The standard InChI is InChI=1S/C27H31F4NO3.C5H12S.C3H8/c1-14(2)23-21-22(20-18(32-23)12-25(3,4)13-19(20)33)26(7-9-34-10-8-26)35-24(21)15-5-6-16(17(28)11-15)27(29,30)31;1-5(2,3)6-4;1-3-2/h5-6,11,14,19,24,33H,7-10,12-13H2,1-4H3;1-4H3;3H2,1-2H3/t19-,24-;;/m0../s1. The van der Waals surface area contributed by atoms with Gasteiger partial charge in [-0.2, -0.15) is 24.9 Å². The number of nitrogens with zero attached hydrogens (tertiary/aromatic N) is 1. The van der Waals surface area contributed by atoms with Crippen LogP contribution in [0.3, 0.4) is 0 Å². The Bertz CT molecular complexity index is 1280. The Kier molecular flexibility index (Phi) is 11.7. The minimum absolute atomic E-state index is 0.00313. The summed E-state index contributed by atoms with van der Waals surface area (Å²) in [4.78, 5) is 5.02. The van der Waals surface area contributed by atoms with E-state index >= 15 is 0 Å². The van der Waals surface area contributed by atoms with E-state index in [-0.39, 0.29) is 11.3 Å². The van der Waals surface area contributed by atoms with Crippen molar-refractivity contribution >= 4 is 11.8 Å². The van der Waals surface area contributed by atoms with Crippen LogP contribution in [-0.4, -0.2) is 34.3 Å². The van der Waals surface area contributed by atoms with Crippen LogP contribution in [0.5, 0.6) is 0 Å². The molecule has 3 heterocycles. The van der Waals surface area contributed by atoms with Crippen LogP contribution in [0.2, 0.25) is 0 Å². The lowest BCUT2D eigenvalue weighted by atomic mass is 9.70. The molecule has 3 aliphatic rings. The van der Waals surface area contributed by atoms with E-state index < -0.39 is 35.4 Å². The molecule has 0 radical (unpaired) electrons. The third kappa shape index (κ3) is 8.18. The van der Waals surface area contributed by atoms with Crippen LogP contribution in [0.1, 0.15) is 145 Å². The molecule has 44 heavy (non-hydrogen) atoms. The first-order chi connectivity index (χ1) is 20.3. The van der Waals surface area contributed by atoms with E-state index in [0.29, 0.717) is 49.2 Å². The molecule has 2 aliphatic heterocycles. The zero-order valence-electron chi connectivity index (χ0n) is 28.0.